The summed E-state index contributed by atoms with van der Waals surface area (Å²) in [5.41, 5.74) is 0.0501. The molecule has 1 atom stereocenters. The number of nitrogens with one attached hydrogen (secondary N) is 2. The molecule has 2 rings (SSSR count). The summed E-state index contributed by atoms with van der Waals surface area (Å²) in [6.45, 7) is 4.69. The zero-order chi connectivity index (χ0) is 21.5. The largest absolute Gasteiger partial charge is 0.484 e. The molecule has 0 fully saturated rings. The van der Waals surface area contributed by atoms with Gasteiger partial charge in [0.15, 0.2) is 12.6 Å². The highest BCUT2D eigenvalue weighted by molar-refractivity contribution is 5.79. The van der Waals surface area contributed by atoms with Crippen molar-refractivity contribution in [2.75, 3.05) is 19.7 Å². The third kappa shape index (κ3) is 7.34. The molecular formula is C20H26F3N3O3. The molecule has 1 unspecified atom stereocenters. The van der Waals surface area contributed by atoms with Crippen LogP contribution in [-0.4, -0.2) is 36.9 Å². The molecule has 1 aromatic carbocycles. The third-order valence-corrected chi connectivity index (χ3v) is 4.02. The van der Waals surface area contributed by atoms with Crippen molar-refractivity contribution < 1.29 is 27.4 Å². The molecule has 9 heteroatoms. The molecule has 0 aliphatic heterocycles. The summed E-state index contributed by atoms with van der Waals surface area (Å²) in [4.78, 5) is 4.39. The van der Waals surface area contributed by atoms with Crippen molar-refractivity contribution in [2.24, 2.45) is 4.99 Å². The Labute approximate surface area is 167 Å². The maximum atomic E-state index is 12.5. The lowest BCUT2D eigenvalue weighted by molar-refractivity contribution is -0.153. The van der Waals surface area contributed by atoms with E-state index >= 15 is 0 Å². The minimum absolute atomic E-state index is 0.103. The Kier molecular flexibility index (Phi) is 7.55. The first-order valence-corrected chi connectivity index (χ1v) is 9.18. The minimum atomic E-state index is -4.42. The molecule has 0 spiro atoms. The number of hydrogen-bond acceptors (Lipinski definition) is 4. The minimum Gasteiger partial charge on any atom is -0.484 e. The van der Waals surface area contributed by atoms with E-state index in [1.807, 2.05) is 6.92 Å². The first-order chi connectivity index (χ1) is 13.6. The summed E-state index contributed by atoms with van der Waals surface area (Å²) >= 11 is 0. The van der Waals surface area contributed by atoms with Crippen LogP contribution in [0.5, 0.6) is 5.75 Å². The quantitative estimate of drug-likeness (QED) is 0.456. The molecule has 0 amide bonds. The van der Waals surface area contributed by atoms with Crippen molar-refractivity contribution in [3.8, 4) is 5.75 Å². The van der Waals surface area contributed by atoms with Crippen molar-refractivity contribution in [1.82, 2.24) is 10.6 Å². The fourth-order valence-electron chi connectivity index (χ4n) is 2.52. The summed E-state index contributed by atoms with van der Waals surface area (Å²) in [5.74, 6) is 0.952. The van der Waals surface area contributed by atoms with Gasteiger partial charge in [-0.15, -0.1) is 0 Å². The monoisotopic (exact) mass is 413 g/mol. The lowest BCUT2D eigenvalue weighted by atomic mass is 10.0. The van der Waals surface area contributed by atoms with Crippen LogP contribution in [0.15, 0.2) is 46.0 Å². The molecule has 0 aliphatic carbocycles. The number of halogens is 3. The highest BCUT2D eigenvalue weighted by Gasteiger charge is 2.29. The van der Waals surface area contributed by atoms with Gasteiger partial charge >= 0.3 is 6.18 Å². The molecule has 0 bridgehead atoms. The molecule has 1 aromatic heterocycles. The van der Waals surface area contributed by atoms with Gasteiger partial charge in [-0.1, -0.05) is 12.1 Å². The van der Waals surface area contributed by atoms with E-state index in [1.54, 1.807) is 44.2 Å². The Morgan fingerprint density at radius 2 is 2.00 bits per heavy atom. The van der Waals surface area contributed by atoms with Crippen LogP contribution in [0.4, 0.5) is 13.2 Å². The van der Waals surface area contributed by atoms with Crippen molar-refractivity contribution in [2.45, 2.75) is 39.1 Å². The van der Waals surface area contributed by atoms with Gasteiger partial charge in [-0.3, -0.25) is 0 Å². The molecule has 0 saturated carbocycles. The van der Waals surface area contributed by atoms with E-state index in [1.165, 1.54) is 6.26 Å². The van der Waals surface area contributed by atoms with E-state index in [-0.39, 0.29) is 18.8 Å². The van der Waals surface area contributed by atoms with E-state index in [9.17, 15) is 18.3 Å². The number of hydrogen-bond donors (Lipinski definition) is 3. The normalized spacial score (nSPS) is 14.4. The predicted octanol–water partition coefficient (Wildman–Crippen LogP) is 3.49. The molecule has 160 valence electrons. The van der Waals surface area contributed by atoms with E-state index < -0.39 is 18.4 Å². The standard InChI is InChI=1S/C20H26F3N3O3/c1-4-24-18(26-12-19(3,27)17-6-5-9-28-17)25-11-15-8-7-14(2)10-16(15)29-13-20(21,22)23/h5-10,27H,4,11-13H2,1-3H3,(H2,24,25,26). The number of aliphatic imine (C=N–C) groups is 1. The highest BCUT2D eigenvalue weighted by Crippen LogP contribution is 2.24. The van der Waals surface area contributed by atoms with Crippen molar-refractivity contribution in [1.29, 1.82) is 0 Å². The fraction of sp³-hybridized carbons (Fsp3) is 0.450. The summed E-state index contributed by atoms with van der Waals surface area (Å²) in [6.07, 6.45) is -2.94. The van der Waals surface area contributed by atoms with Crippen LogP contribution < -0.4 is 15.4 Å². The molecular weight excluding hydrogens is 387 g/mol. The van der Waals surface area contributed by atoms with Crippen LogP contribution in [0.2, 0.25) is 0 Å². The highest BCUT2D eigenvalue weighted by atomic mass is 19.4. The second-order valence-corrected chi connectivity index (χ2v) is 6.81. The number of nitrogens with zero attached hydrogens (tertiary/aromatic N) is 1. The number of ether oxygens (including phenoxy) is 1. The number of aryl methyl sites for hydroxylation is 1. The Morgan fingerprint density at radius 1 is 1.24 bits per heavy atom. The van der Waals surface area contributed by atoms with E-state index in [0.29, 0.717) is 23.8 Å². The van der Waals surface area contributed by atoms with Gasteiger partial charge in [0.05, 0.1) is 19.4 Å². The zero-order valence-corrected chi connectivity index (χ0v) is 16.6. The fourth-order valence-corrected chi connectivity index (χ4v) is 2.52. The van der Waals surface area contributed by atoms with Crippen molar-refractivity contribution in [3.05, 3.63) is 53.5 Å². The van der Waals surface area contributed by atoms with Crippen LogP contribution in [0.3, 0.4) is 0 Å². The van der Waals surface area contributed by atoms with Crippen molar-refractivity contribution >= 4 is 5.96 Å². The van der Waals surface area contributed by atoms with Crippen molar-refractivity contribution in [3.63, 3.8) is 0 Å². The number of rotatable bonds is 8. The van der Waals surface area contributed by atoms with Gasteiger partial charge in [0, 0.05) is 12.1 Å². The average Bonchev–Trinajstić information content (AvgIpc) is 3.18. The zero-order valence-electron chi connectivity index (χ0n) is 16.6. The molecule has 2 aromatic rings. The Bertz CT molecular complexity index is 803. The Morgan fingerprint density at radius 3 is 2.62 bits per heavy atom. The average molecular weight is 413 g/mol. The summed E-state index contributed by atoms with van der Waals surface area (Å²) in [5, 5.41) is 16.6. The first kappa shape index (κ1) is 22.6. The number of aliphatic hydroxyl groups is 1. The van der Waals surface area contributed by atoms with Crippen LogP contribution in [0, 0.1) is 6.92 Å². The van der Waals surface area contributed by atoms with E-state index in [2.05, 4.69) is 15.6 Å². The SMILES string of the molecule is CCNC(=NCc1ccc(C)cc1OCC(F)(F)F)NCC(C)(O)c1ccco1. The van der Waals surface area contributed by atoms with E-state index in [4.69, 9.17) is 9.15 Å². The van der Waals surface area contributed by atoms with Gasteiger partial charge in [-0.05, 0) is 44.5 Å². The van der Waals surface area contributed by atoms with Gasteiger partial charge < -0.3 is 24.9 Å². The lowest BCUT2D eigenvalue weighted by Gasteiger charge is -2.22. The molecule has 1 heterocycles. The molecule has 3 N–H and O–H groups in total. The second kappa shape index (κ2) is 9.69. The number of furan rings is 1. The molecule has 6 nitrogen and oxygen atoms in total. The topological polar surface area (TPSA) is 79.0 Å². The molecule has 0 saturated heterocycles. The van der Waals surface area contributed by atoms with Gasteiger partial charge in [0.1, 0.15) is 17.1 Å². The Balaban J connectivity index is 2.09. The predicted molar refractivity (Wildman–Crippen MR) is 104 cm³/mol. The van der Waals surface area contributed by atoms with E-state index in [0.717, 1.165) is 5.56 Å². The maximum absolute atomic E-state index is 12.5. The molecule has 0 aliphatic rings. The van der Waals surface area contributed by atoms with Gasteiger partial charge in [0.2, 0.25) is 0 Å². The van der Waals surface area contributed by atoms with Crippen LogP contribution in [0.1, 0.15) is 30.7 Å². The van der Waals surface area contributed by atoms with Crippen LogP contribution in [0.25, 0.3) is 0 Å². The van der Waals surface area contributed by atoms with Gasteiger partial charge in [-0.2, -0.15) is 13.2 Å². The molecule has 0 radical (unpaired) electrons. The Hall–Kier alpha value is -2.68. The number of benzene rings is 1. The summed E-state index contributed by atoms with van der Waals surface area (Å²) in [6, 6.07) is 8.38. The third-order valence-electron chi connectivity index (χ3n) is 4.02. The number of guanidine groups is 1. The van der Waals surface area contributed by atoms with Crippen LogP contribution in [-0.2, 0) is 12.1 Å². The van der Waals surface area contributed by atoms with Gasteiger partial charge in [0.25, 0.3) is 0 Å². The second-order valence-electron chi connectivity index (χ2n) is 6.81. The maximum Gasteiger partial charge on any atom is 0.422 e. The summed E-state index contributed by atoms with van der Waals surface area (Å²) < 4.78 is 47.7. The smallest absolute Gasteiger partial charge is 0.422 e. The lowest BCUT2D eigenvalue weighted by Crippen LogP contribution is -2.44. The molecule has 29 heavy (non-hydrogen) atoms. The summed E-state index contributed by atoms with van der Waals surface area (Å²) in [7, 11) is 0. The van der Waals surface area contributed by atoms with Crippen LogP contribution >= 0.6 is 0 Å². The van der Waals surface area contributed by atoms with Gasteiger partial charge in [-0.25, -0.2) is 4.99 Å². The number of alkyl halides is 3. The first-order valence-electron chi connectivity index (χ1n) is 9.18.